The lowest BCUT2D eigenvalue weighted by molar-refractivity contribution is -0.124. The average molecular weight is 344 g/mol. The summed E-state index contributed by atoms with van der Waals surface area (Å²) in [4.78, 5) is 29.1. The number of benzene rings is 1. The summed E-state index contributed by atoms with van der Waals surface area (Å²) in [5, 5.41) is 0. The molecule has 0 aliphatic carbocycles. The lowest BCUT2D eigenvalue weighted by Crippen LogP contribution is -2.49. The van der Waals surface area contributed by atoms with Gasteiger partial charge in [0.1, 0.15) is 5.60 Å². The number of hydrogen-bond acceptors (Lipinski definition) is 3. The summed E-state index contributed by atoms with van der Waals surface area (Å²) < 4.78 is 5.47. The number of piperidine rings is 1. The second-order valence-corrected chi connectivity index (χ2v) is 8.16. The fourth-order valence-corrected chi connectivity index (χ4v) is 3.77. The highest BCUT2D eigenvalue weighted by Crippen LogP contribution is 2.34. The standard InChI is InChI=1S/C20H28N2O3/c1-14-12-15-8-5-6-10-17(15)22(14)18(23)16-9-7-11-21(13-16)19(24)25-20(2,3)4/h5-6,8,10,14,16H,7,9,11-13H2,1-4H3/t14-,16-/m1/s1. The lowest BCUT2D eigenvalue weighted by Gasteiger charge is -2.36. The van der Waals surface area contributed by atoms with Crippen LogP contribution in [0.3, 0.4) is 0 Å². The fraction of sp³-hybridized carbons (Fsp3) is 0.600. The highest BCUT2D eigenvalue weighted by atomic mass is 16.6. The molecule has 0 spiro atoms. The first-order chi connectivity index (χ1) is 11.8. The number of nitrogens with zero attached hydrogens (tertiary/aromatic N) is 2. The fourth-order valence-electron chi connectivity index (χ4n) is 3.77. The van der Waals surface area contributed by atoms with Crippen LogP contribution in [-0.2, 0) is 16.0 Å². The van der Waals surface area contributed by atoms with E-state index in [9.17, 15) is 9.59 Å². The summed E-state index contributed by atoms with van der Waals surface area (Å²) in [5.41, 5.74) is 1.73. The smallest absolute Gasteiger partial charge is 0.410 e. The van der Waals surface area contributed by atoms with Gasteiger partial charge in [0, 0.05) is 24.8 Å². The highest BCUT2D eigenvalue weighted by Gasteiger charge is 2.37. The van der Waals surface area contributed by atoms with Gasteiger partial charge in [0.15, 0.2) is 0 Å². The Hall–Kier alpha value is -2.04. The van der Waals surface area contributed by atoms with Crippen molar-refractivity contribution in [3.05, 3.63) is 29.8 Å². The average Bonchev–Trinajstić information content (AvgIpc) is 2.88. The molecule has 1 aromatic carbocycles. The number of hydrogen-bond donors (Lipinski definition) is 0. The van der Waals surface area contributed by atoms with Crippen molar-refractivity contribution < 1.29 is 14.3 Å². The Bertz CT molecular complexity index is 665. The molecule has 1 aromatic rings. The first kappa shape index (κ1) is 17.8. The van der Waals surface area contributed by atoms with Gasteiger partial charge in [-0.2, -0.15) is 0 Å². The second kappa shape index (κ2) is 6.70. The Morgan fingerprint density at radius 1 is 1.20 bits per heavy atom. The van der Waals surface area contributed by atoms with Crippen molar-refractivity contribution in [3.63, 3.8) is 0 Å². The minimum atomic E-state index is -0.517. The van der Waals surface area contributed by atoms with Crippen molar-refractivity contribution in [1.82, 2.24) is 4.90 Å². The van der Waals surface area contributed by atoms with Crippen molar-refractivity contribution in [2.45, 2.75) is 58.6 Å². The Morgan fingerprint density at radius 2 is 1.92 bits per heavy atom. The zero-order valence-corrected chi connectivity index (χ0v) is 15.6. The van der Waals surface area contributed by atoms with E-state index in [-0.39, 0.29) is 24.0 Å². The van der Waals surface area contributed by atoms with E-state index in [0.717, 1.165) is 24.9 Å². The van der Waals surface area contributed by atoms with E-state index in [1.54, 1.807) is 4.90 Å². The molecule has 5 nitrogen and oxygen atoms in total. The van der Waals surface area contributed by atoms with E-state index < -0.39 is 5.60 Å². The van der Waals surface area contributed by atoms with Gasteiger partial charge in [-0.15, -0.1) is 0 Å². The van der Waals surface area contributed by atoms with Crippen molar-refractivity contribution in [3.8, 4) is 0 Å². The van der Waals surface area contributed by atoms with Gasteiger partial charge in [-0.25, -0.2) is 4.79 Å². The van der Waals surface area contributed by atoms with Crippen LogP contribution in [0.2, 0.25) is 0 Å². The molecule has 0 aromatic heterocycles. The van der Waals surface area contributed by atoms with Crippen LogP contribution in [0.5, 0.6) is 0 Å². The van der Waals surface area contributed by atoms with Gasteiger partial charge in [0.2, 0.25) is 5.91 Å². The number of anilines is 1. The SMILES string of the molecule is C[C@@H]1Cc2ccccc2N1C(=O)[C@@H]1CCCN(C(=O)OC(C)(C)C)C1. The van der Waals surface area contributed by atoms with Crippen molar-refractivity contribution in [1.29, 1.82) is 0 Å². The molecule has 2 atom stereocenters. The Labute approximate surface area is 149 Å². The predicted molar refractivity (Wildman–Crippen MR) is 97.6 cm³/mol. The third-order valence-corrected chi connectivity index (χ3v) is 4.87. The molecule has 0 radical (unpaired) electrons. The number of rotatable bonds is 1. The number of carbonyl (C=O) groups excluding carboxylic acids is 2. The van der Waals surface area contributed by atoms with Crippen LogP contribution >= 0.6 is 0 Å². The number of likely N-dealkylation sites (tertiary alicyclic amines) is 1. The molecule has 2 heterocycles. The van der Waals surface area contributed by atoms with Crippen molar-refractivity contribution in [2.24, 2.45) is 5.92 Å². The van der Waals surface area contributed by atoms with E-state index in [4.69, 9.17) is 4.74 Å². The number of amides is 2. The molecule has 0 N–H and O–H groups in total. The number of ether oxygens (including phenoxy) is 1. The summed E-state index contributed by atoms with van der Waals surface area (Å²) in [6.45, 7) is 8.78. The van der Waals surface area contributed by atoms with Crippen LogP contribution in [-0.4, -0.2) is 41.6 Å². The van der Waals surface area contributed by atoms with Crippen molar-refractivity contribution in [2.75, 3.05) is 18.0 Å². The molecule has 0 unspecified atom stereocenters. The van der Waals surface area contributed by atoms with Gasteiger partial charge in [0.25, 0.3) is 0 Å². The number of para-hydroxylation sites is 1. The number of fused-ring (bicyclic) bond motifs is 1. The third-order valence-electron chi connectivity index (χ3n) is 4.87. The van der Waals surface area contributed by atoms with E-state index in [0.29, 0.717) is 13.1 Å². The van der Waals surface area contributed by atoms with Crippen LogP contribution in [0, 0.1) is 5.92 Å². The van der Waals surface area contributed by atoms with E-state index in [1.165, 1.54) is 5.56 Å². The van der Waals surface area contributed by atoms with Gasteiger partial charge >= 0.3 is 6.09 Å². The second-order valence-electron chi connectivity index (χ2n) is 8.16. The first-order valence-corrected chi connectivity index (χ1v) is 9.15. The molecular formula is C20H28N2O3. The molecule has 0 saturated carbocycles. The topological polar surface area (TPSA) is 49.9 Å². The Balaban J connectivity index is 1.71. The maximum Gasteiger partial charge on any atom is 0.410 e. The van der Waals surface area contributed by atoms with Gasteiger partial charge in [-0.3, -0.25) is 4.79 Å². The molecule has 1 saturated heterocycles. The van der Waals surface area contributed by atoms with Crippen LogP contribution in [0.4, 0.5) is 10.5 Å². The van der Waals surface area contributed by atoms with Crippen LogP contribution in [0.25, 0.3) is 0 Å². The predicted octanol–water partition coefficient (Wildman–Crippen LogP) is 3.61. The minimum absolute atomic E-state index is 0.130. The molecular weight excluding hydrogens is 316 g/mol. The minimum Gasteiger partial charge on any atom is -0.444 e. The molecule has 25 heavy (non-hydrogen) atoms. The lowest BCUT2D eigenvalue weighted by atomic mass is 9.96. The molecule has 2 aliphatic rings. The maximum absolute atomic E-state index is 13.2. The van der Waals surface area contributed by atoms with E-state index in [2.05, 4.69) is 13.0 Å². The Morgan fingerprint density at radius 3 is 2.64 bits per heavy atom. The molecule has 2 amide bonds. The van der Waals surface area contributed by atoms with E-state index >= 15 is 0 Å². The summed E-state index contributed by atoms with van der Waals surface area (Å²) in [6, 6.07) is 8.27. The number of carbonyl (C=O) groups is 2. The van der Waals surface area contributed by atoms with Crippen LogP contribution in [0.1, 0.15) is 46.1 Å². The van der Waals surface area contributed by atoms with Crippen LogP contribution < -0.4 is 4.90 Å². The van der Waals surface area contributed by atoms with Crippen molar-refractivity contribution >= 4 is 17.7 Å². The molecule has 0 bridgehead atoms. The Kier molecular flexibility index (Phi) is 4.76. The molecule has 136 valence electrons. The molecule has 3 rings (SSSR count). The maximum atomic E-state index is 13.2. The summed E-state index contributed by atoms with van der Waals surface area (Å²) >= 11 is 0. The zero-order chi connectivity index (χ0) is 18.2. The van der Waals surface area contributed by atoms with Gasteiger partial charge in [-0.1, -0.05) is 18.2 Å². The monoisotopic (exact) mass is 344 g/mol. The van der Waals surface area contributed by atoms with Gasteiger partial charge < -0.3 is 14.5 Å². The zero-order valence-electron chi connectivity index (χ0n) is 15.6. The highest BCUT2D eigenvalue weighted by molar-refractivity contribution is 5.98. The normalized spacial score (nSPS) is 23.4. The van der Waals surface area contributed by atoms with Gasteiger partial charge in [-0.05, 0) is 58.6 Å². The van der Waals surface area contributed by atoms with E-state index in [1.807, 2.05) is 43.9 Å². The first-order valence-electron chi connectivity index (χ1n) is 9.15. The molecule has 2 aliphatic heterocycles. The summed E-state index contributed by atoms with van der Waals surface area (Å²) in [6.07, 6.45) is 2.23. The largest absolute Gasteiger partial charge is 0.444 e. The summed E-state index contributed by atoms with van der Waals surface area (Å²) in [5.74, 6) is -0.0272. The third kappa shape index (κ3) is 3.80. The molecule has 1 fully saturated rings. The van der Waals surface area contributed by atoms with Crippen LogP contribution in [0.15, 0.2) is 24.3 Å². The molecule has 5 heteroatoms. The van der Waals surface area contributed by atoms with Gasteiger partial charge in [0.05, 0.1) is 5.92 Å². The quantitative estimate of drug-likeness (QED) is 0.782. The summed E-state index contributed by atoms with van der Waals surface area (Å²) in [7, 11) is 0.